The van der Waals surface area contributed by atoms with Crippen LogP contribution >= 0.6 is 7.82 Å². The Kier molecular flexibility index (Phi) is 4.05. The van der Waals surface area contributed by atoms with Gasteiger partial charge in [0, 0.05) is 22.7 Å². The van der Waals surface area contributed by atoms with E-state index in [-0.39, 0.29) is 0 Å². The Morgan fingerprint density at radius 2 is 1.95 bits per heavy atom. The molecule has 0 saturated heterocycles. The van der Waals surface area contributed by atoms with Crippen molar-refractivity contribution in [3.8, 4) is 0 Å². The van der Waals surface area contributed by atoms with Gasteiger partial charge in [-0.2, -0.15) is 0 Å². The number of hydrogen-bond acceptors (Lipinski definition) is 4. The number of aliphatic hydroxyl groups excluding tert-OH is 2. The predicted octanol–water partition coefficient (Wildman–Crippen LogP) is 0.671. The van der Waals surface area contributed by atoms with Gasteiger partial charge in [0.05, 0.1) is 6.61 Å². The van der Waals surface area contributed by atoms with Crippen molar-refractivity contribution in [2.24, 2.45) is 0 Å². The van der Waals surface area contributed by atoms with Crippen LogP contribution in [0.3, 0.4) is 0 Å². The molecule has 2 atom stereocenters. The fourth-order valence-corrected chi connectivity index (χ4v) is 2.16. The third-order valence-corrected chi connectivity index (χ3v) is 3.20. The first-order chi connectivity index (χ1) is 8.88. The third kappa shape index (κ3) is 3.42. The van der Waals surface area contributed by atoms with E-state index in [1.54, 1.807) is 12.1 Å². The molecule has 104 valence electrons. The fraction of sp³-hybridized carbons (Fsp3) is 0.273. The number of phosphoric ester groups is 1. The van der Waals surface area contributed by atoms with Crippen LogP contribution in [-0.4, -0.2) is 37.7 Å². The van der Waals surface area contributed by atoms with Gasteiger partial charge in [-0.15, -0.1) is 0 Å². The Morgan fingerprint density at radius 1 is 1.26 bits per heavy atom. The van der Waals surface area contributed by atoms with Crippen LogP contribution in [0.5, 0.6) is 0 Å². The molecule has 0 bridgehead atoms. The second-order valence-electron chi connectivity index (χ2n) is 4.09. The highest BCUT2D eigenvalue weighted by Crippen LogP contribution is 2.36. The molecule has 7 nitrogen and oxygen atoms in total. The molecule has 2 aromatic rings. The first-order valence-electron chi connectivity index (χ1n) is 5.51. The van der Waals surface area contributed by atoms with Crippen molar-refractivity contribution >= 4 is 18.7 Å². The van der Waals surface area contributed by atoms with Crippen molar-refractivity contribution in [1.82, 2.24) is 4.98 Å². The third-order valence-electron chi connectivity index (χ3n) is 2.72. The van der Waals surface area contributed by atoms with Gasteiger partial charge in [-0.3, -0.25) is 4.52 Å². The molecule has 19 heavy (non-hydrogen) atoms. The summed E-state index contributed by atoms with van der Waals surface area (Å²) < 4.78 is 14.7. The summed E-state index contributed by atoms with van der Waals surface area (Å²) in [6.07, 6.45) is -1.20. The molecule has 0 radical (unpaired) electrons. The van der Waals surface area contributed by atoms with Crippen molar-refractivity contribution in [2.75, 3.05) is 6.61 Å². The van der Waals surface area contributed by atoms with Crippen molar-refractivity contribution in [3.05, 3.63) is 36.0 Å². The average Bonchev–Trinajstić information content (AvgIpc) is 2.78. The van der Waals surface area contributed by atoms with Crippen LogP contribution in [0.2, 0.25) is 0 Å². The summed E-state index contributed by atoms with van der Waals surface area (Å²) in [4.78, 5) is 20.0. The number of nitrogens with one attached hydrogen (secondary N) is 1. The first kappa shape index (κ1) is 14.2. The highest BCUT2D eigenvalue weighted by Gasteiger charge is 2.25. The number of aromatic amines is 1. The lowest BCUT2D eigenvalue weighted by atomic mass is 10.0. The minimum Gasteiger partial charge on any atom is -0.388 e. The molecule has 0 aliphatic rings. The summed E-state index contributed by atoms with van der Waals surface area (Å²) in [5.41, 5.74) is 1.23. The summed E-state index contributed by atoms with van der Waals surface area (Å²) in [6, 6.07) is 7.18. The number of hydrogen-bond donors (Lipinski definition) is 5. The van der Waals surface area contributed by atoms with Crippen LogP contribution in [0.1, 0.15) is 11.7 Å². The highest BCUT2D eigenvalue weighted by atomic mass is 31.2. The zero-order chi connectivity index (χ0) is 14.0. The van der Waals surface area contributed by atoms with Crippen molar-refractivity contribution < 1.29 is 29.1 Å². The molecule has 1 heterocycles. The van der Waals surface area contributed by atoms with Crippen LogP contribution in [0, 0.1) is 0 Å². The molecule has 0 amide bonds. The Morgan fingerprint density at radius 3 is 2.63 bits per heavy atom. The van der Waals surface area contributed by atoms with Crippen molar-refractivity contribution in [1.29, 1.82) is 0 Å². The molecule has 5 N–H and O–H groups in total. The molecule has 1 aromatic heterocycles. The summed E-state index contributed by atoms with van der Waals surface area (Å²) in [5.74, 6) is 0. The largest absolute Gasteiger partial charge is 0.469 e. The Balaban J connectivity index is 2.15. The number of fused-ring (bicyclic) bond motifs is 1. The smallest absolute Gasteiger partial charge is 0.388 e. The second-order valence-corrected chi connectivity index (χ2v) is 5.33. The van der Waals surface area contributed by atoms with Gasteiger partial charge in [0.2, 0.25) is 0 Å². The number of aliphatic hydroxyl groups is 2. The molecule has 0 spiro atoms. The van der Waals surface area contributed by atoms with Crippen LogP contribution in [0.15, 0.2) is 30.5 Å². The van der Waals surface area contributed by atoms with Gasteiger partial charge in [0.25, 0.3) is 0 Å². The highest BCUT2D eigenvalue weighted by molar-refractivity contribution is 7.46. The van der Waals surface area contributed by atoms with Crippen LogP contribution in [-0.2, 0) is 9.09 Å². The van der Waals surface area contributed by atoms with Gasteiger partial charge in [-0.05, 0) is 6.07 Å². The average molecular weight is 287 g/mol. The van der Waals surface area contributed by atoms with Gasteiger partial charge in [-0.25, -0.2) is 4.57 Å². The maximum atomic E-state index is 10.5. The topological polar surface area (TPSA) is 123 Å². The van der Waals surface area contributed by atoms with E-state index in [4.69, 9.17) is 9.79 Å². The van der Waals surface area contributed by atoms with E-state index in [0.29, 0.717) is 5.56 Å². The van der Waals surface area contributed by atoms with E-state index in [1.165, 1.54) is 6.20 Å². The van der Waals surface area contributed by atoms with E-state index in [1.807, 2.05) is 12.1 Å². The normalized spacial score (nSPS) is 15.6. The standard InChI is InChI=1S/C11H14NO6P/c13-10(6-18-19(15,16)17)11(14)8-5-12-9-4-2-1-3-7(8)9/h1-5,10-14H,6H2,(H2,15,16,17)/t10-,11?/m1/s1. The summed E-state index contributed by atoms with van der Waals surface area (Å²) >= 11 is 0. The van der Waals surface area contributed by atoms with Gasteiger partial charge in [-0.1, -0.05) is 18.2 Å². The van der Waals surface area contributed by atoms with Gasteiger partial charge >= 0.3 is 7.82 Å². The fourth-order valence-electron chi connectivity index (χ4n) is 1.81. The Hall–Kier alpha value is -1.21. The quantitative estimate of drug-likeness (QED) is 0.515. The van der Waals surface area contributed by atoms with E-state index in [0.717, 1.165) is 10.9 Å². The maximum absolute atomic E-state index is 10.5. The lowest BCUT2D eigenvalue weighted by Crippen LogP contribution is -2.23. The molecular formula is C11H14NO6P. The second kappa shape index (κ2) is 5.42. The first-order valence-corrected chi connectivity index (χ1v) is 7.04. The predicted molar refractivity (Wildman–Crippen MR) is 67.3 cm³/mol. The zero-order valence-electron chi connectivity index (χ0n) is 9.80. The monoisotopic (exact) mass is 287 g/mol. The number of aromatic nitrogens is 1. The lowest BCUT2D eigenvalue weighted by Gasteiger charge is -2.17. The SMILES string of the molecule is O=P(O)(O)OC[C@@H](O)C(O)c1c[nH]c2ccccc12. The van der Waals surface area contributed by atoms with Crippen LogP contribution < -0.4 is 0 Å². The van der Waals surface area contributed by atoms with Gasteiger partial charge in [0.1, 0.15) is 12.2 Å². The molecule has 2 rings (SSSR count). The molecule has 1 unspecified atom stereocenters. The zero-order valence-corrected chi connectivity index (χ0v) is 10.7. The number of benzene rings is 1. The molecule has 0 aliphatic carbocycles. The molecule has 0 fully saturated rings. The Labute approximate surface area is 108 Å². The number of rotatable bonds is 5. The summed E-state index contributed by atoms with van der Waals surface area (Å²) in [5, 5.41) is 20.4. The minimum absolute atomic E-state index is 0.442. The molecule has 0 saturated carbocycles. The molecule has 0 aliphatic heterocycles. The van der Waals surface area contributed by atoms with Gasteiger partial charge < -0.3 is 25.0 Å². The van der Waals surface area contributed by atoms with Crippen molar-refractivity contribution in [2.45, 2.75) is 12.2 Å². The number of para-hydroxylation sites is 1. The summed E-state index contributed by atoms with van der Waals surface area (Å²) in [7, 11) is -4.66. The van der Waals surface area contributed by atoms with Crippen LogP contribution in [0.4, 0.5) is 0 Å². The summed E-state index contributed by atoms with van der Waals surface area (Å²) in [6.45, 7) is -0.662. The van der Waals surface area contributed by atoms with Crippen LogP contribution in [0.25, 0.3) is 10.9 Å². The van der Waals surface area contributed by atoms with E-state index in [2.05, 4.69) is 9.51 Å². The number of phosphoric acid groups is 1. The van der Waals surface area contributed by atoms with Crippen molar-refractivity contribution in [3.63, 3.8) is 0 Å². The Bertz CT molecular complexity index is 606. The van der Waals surface area contributed by atoms with E-state index < -0.39 is 26.6 Å². The molecular weight excluding hydrogens is 273 g/mol. The molecule has 1 aromatic carbocycles. The lowest BCUT2D eigenvalue weighted by molar-refractivity contribution is -0.0143. The van der Waals surface area contributed by atoms with Gasteiger partial charge in [0.15, 0.2) is 0 Å². The minimum atomic E-state index is -4.66. The van der Waals surface area contributed by atoms with E-state index >= 15 is 0 Å². The maximum Gasteiger partial charge on any atom is 0.469 e. The number of H-pyrrole nitrogens is 1. The molecule has 8 heteroatoms. The van der Waals surface area contributed by atoms with E-state index in [9.17, 15) is 14.8 Å².